The summed E-state index contributed by atoms with van der Waals surface area (Å²) in [5.41, 5.74) is 0.834. The molecule has 1 fully saturated rings. The summed E-state index contributed by atoms with van der Waals surface area (Å²) < 4.78 is 28.9. The third-order valence-corrected chi connectivity index (χ3v) is 6.33. The van der Waals surface area contributed by atoms with Gasteiger partial charge in [-0.3, -0.25) is 0 Å². The van der Waals surface area contributed by atoms with Gasteiger partial charge < -0.3 is 4.57 Å². The zero-order chi connectivity index (χ0) is 17.2. The van der Waals surface area contributed by atoms with Crippen LogP contribution >= 0.6 is 0 Å². The predicted octanol–water partition coefficient (Wildman–Crippen LogP) is 2.25. The monoisotopic (exact) mass is 348 g/mol. The molecule has 7 heteroatoms. The van der Waals surface area contributed by atoms with E-state index in [9.17, 15) is 8.42 Å². The molecule has 1 aliphatic rings. The maximum Gasteiger partial charge on any atom is 0.218 e. The minimum atomic E-state index is -3.26. The van der Waals surface area contributed by atoms with E-state index in [0.717, 1.165) is 24.2 Å². The maximum absolute atomic E-state index is 12.6. The van der Waals surface area contributed by atoms with Crippen molar-refractivity contribution < 1.29 is 8.42 Å². The number of hydrogen-bond donors (Lipinski definition) is 0. The summed E-state index contributed by atoms with van der Waals surface area (Å²) >= 11 is 0. The van der Waals surface area contributed by atoms with Crippen molar-refractivity contribution in [2.24, 2.45) is 5.92 Å². The summed E-state index contributed by atoms with van der Waals surface area (Å²) in [6.07, 6.45) is 3.40. The molecule has 1 atom stereocenters. The highest BCUT2D eigenvalue weighted by atomic mass is 32.2. The van der Waals surface area contributed by atoms with Crippen molar-refractivity contribution in [3.05, 3.63) is 48.0 Å². The highest BCUT2D eigenvalue weighted by Crippen LogP contribution is 2.25. The lowest BCUT2D eigenvalue weighted by Gasteiger charge is -2.17. The molecule has 3 rings (SSSR count). The van der Waals surface area contributed by atoms with Gasteiger partial charge in [-0.15, -0.1) is 10.2 Å². The Hall–Kier alpha value is -1.73. The van der Waals surface area contributed by atoms with Crippen LogP contribution in [0.5, 0.6) is 0 Å². The number of benzene rings is 1. The van der Waals surface area contributed by atoms with Crippen LogP contribution in [0.3, 0.4) is 0 Å². The molecule has 0 N–H and O–H groups in total. The lowest BCUT2D eigenvalue weighted by molar-refractivity contribution is 0.445. The number of nitrogens with zero attached hydrogens (tertiary/aromatic N) is 4. The highest BCUT2D eigenvalue weighted by molar-refractivity contribution is 7.88. The van der Waals surface area contributed by atoms with Gasteiger partial charge in [0.15, 0.2) is 0 Å². The summed E-state index contributed by atoms with van der Waals surface area (Å²) in [7, 11) is -3.26. The number of hydrogen-bond acceptors (Lipinski definition) is 4. The summed E-state index contributed by atoms with van der Waals surface area (Å²) in [6.45, 7) is 5.35. The van der Waals surface area contributed by atoms with Gasteiger partial charge in [0.2, 0.25) is 10.0 Å². The topological polar surface area (TPSA) is 68.1 Å². The number of rotatable bonds is 6. The lowest BCUT2D eigenvalue weighted by atomic mass is 10.0. The molecule has 2 aromatic rings. The fourth-order valence-corrected chi connectivity index (χ4v) is 4.81. The van der Waals surface area contributed by atoms with Crippen LogP contribution in [0.1, 0.15) is 37.7 Å². The molecule has 6 nitrogen and oxygen atoms in total. The van der Waals surface area contributed by atoms with E-state index in [1.54, 1.807) is 10.6 Å². The Labute approximate surface area is 143 Å². The average Bonchev–Trinajstić information content (AvgIpc) is 3.18. The zero-order valence-electron chi connectivity index (χ0n) is 14.2. The Balaban J connectivity index is 1.63. The molecule has 24 heavy (non-hydrogen) atoms. The van der Waals surface area contributed by atoms with E-state index in [1.807, 2.05) is 30.3 Å². The Morgan fingerprint density at radius 3 is 2.71 bits per heavy atom. The SMILES string of the molecule is CC(C)n1cnnc1CC1CCN(S(=O)(=O)Cc2ccccc2)C1. The van der Waals surface area contributed by atoms with Gasteiger partial charge in [0, 0.05) is 25.6 Å². The Bertz CT molecular complexity index is 771. The molecule has 0 radical (unpaired) electrons. The number of aromatic nitrogens is 3. The normalized spacial score (nSPS) is 19.2. The second-order valence-electron chi connectivity index (χ2n) is 6.71. The van der Waals surface area contributed by atoms with E-state index in [1.165, 1.54) is 0 Å². The van der Waals surface area contributed by atoms with Crippen molar-refractivity contribution in [3.8, 4) is 0 Å². The summed E-state index contributed by atoms with van der Waals surface area (Å²) in [6, 6.07) is 9.67. The lowest BCUT2D eigenvalue weighted by Crippen LogP contribution is -2.30. The van der Waals surface area contributed by atoms with Gasteiger partial charge in [-0.1, -0.05) is 30.3 Å². The summed E-state index contributed by atoms with van der Waals surface area (Å²) in [5, 5.41) is 8.19. The molecule has 0 aliphatic carbocycles. The van der Waals surface area contributed by atoms with Crippen molar-refractivity contribution >= 4 is 10.0 Å². The standard InChI is InChI=1S/C17H24N4O2S/c1-14(2)21-13-18-19-17(21)10-16-8-9-20(11-16)24(22,23)12-15-6-4-3-5-7-15/h3-7,13-14,16H,8-12H2,1-2H3. The van der Waals surface area contributed by atoms with E-state index >= 15 is 0 Å². The van der Waals surface area contributed by atoms with Crippen LogP contribution in [0.25, 0.3) is 0 Å². The van der Waals surface area contributed by atoms with E-state index in [4.69, 9.17) is 0 Å². The first kappa shape index (κ1) is 17.1. The van der Waals surface area contributed by atoms with E-state index in [-0.39, 0.29) is 5.75 Å². The van der Waals surface area contributed by atoms with Crippen molar-refractivity contribution in [1.29, 1.82) is 0 Å². The van der Waals surface area contributed by atoms with Gasteiger partial charge in [0.1, 0.15) is 12.2 Å². The van der Waals surface area contributed by atoms with E-state index < -0.39 is 10.0 Å². The van der Waals surface area contributed by atoms with Crippen molar-refractivity contribution in [2.45, 2.75) is 38.5 Å². The number of sulfonamides is 1. The average molecular weight is 348 g/mol. The van der Waals surface area contributed by atoms with Crippen molar-refractivity contribution in [2.75, 3.05) is 13.1 Å². The molecular weight excluding hydrogens is 324 g/mol. The molecule has 1 aromatic heterocycles. The molecule has 130 valence electrons. The fraction of sp³-hybridized carbons (Fsp3) is 0.529. The molecule has 0 amide bonds. The van der Waals surface area contributed by atoms with Gasteiger partial charge in [-0.25, -0.2) is 12.7 Å². The molecule has 1 aliphatic heterocycles. The molecule has 0 spiro atoms. The minimum absolute atomic E-state index is 0.0722. The second-order valence-corrected chi connectivity index (χ2v) is 8.68. The Morgan fingerprint density at radius 1 is 1.25 bits per heavy atom. The van der Waals surface area contributed by atoms with Gasteiger partial charge in [-0.05, 0) is 31.7 Å². The summed E-state index contributed by atoms with van der Waals surface area (Å²) in [5.74, 6) is 1.32. The largest absolute Gasteiger partial charge is 0.315 e. The first-order valence-electron chi connectivity index (χ1n) is 8.36. The molecule has 1 unspecified atom stereocenters. The quantitative estimate of drug-likeness (QED) is 0.803. The van der Waals surface area contributed by atoms with Crippen molar-refractivity contribution in [3.63, 3.8) is 0 Å². The minimum Gasteiger partial charge on any atom is -0.315 e. The first-order valence-corrected chi connectivity index (χ1v) is 9.97. The van der Waals surface area contributed by atoms with Crippen LogP contribution in [-0.2, 0) is 22.2 Å². The van der Waals surface area contributed by atoms with Gasteiger partial charge in [-0.2, -0.15) is 0 Å². The van der Waals surface area contributed by atoms with Crippen LogP contribution in [-0.4, -0.2) is 40.6 Å². The highest BCUT2D eigenvalue weighted by Gasteiger charge is 2.32. The third kappa shape index (κ3) is 3.84. The molecule has 1 saturated heterocycles. The van der Waals surface area contributed by atoms with Gasteiger partial charge in [0.25, 0.3) is 0 Å². The fourth-order valence-electron chi connectivity index (χ4n) is 3.19. The smallest absolute Gasteiger partial charge is 0.218 e. The predicted molar refractivity (Wildman–Crippen MR) is 92.9 cm³/mol. The third-order valence-electron chi connectivity index (χ3n) is 4.51. The molecule has 1 aromatic carbocycles. The molecule has 0 saturated carbocycles. The van der Waals surface area contributed by atoms with Gasteiger partial charge in [0.05, 0.1) is 5.75 Å². The van der Waals surface area contributed by atoms with Crippen LogP contribution in [0.15, 0.2) is 36.7 Å². The van der Waals surface area contributed by atoms with Crippen LogP contribution in [0.2, 0.25) is 0 Å². The molecule has 2 heterocycles. The van der Waals surface area contributed by atoms with Crippen LogP contribution < -0.4 is 0 Å². The van der Waals surface area contributed by atoms with Crippen molar-refractivity contribution in [1.82, 2.24) is 19.1 Å². The maximum atomic E-state index is 12.6. The zero-order valence-corrected chi connectivity index (χ0v) is 15.0. The second kappa shape index (κ2) is 7.03. The van der Waals surface area contributed by atoms with Crippen LogP contribution in [0, 0.1) is 5.92 Å². The van der Waals surface area contributed by atoms with E-state index in [0.29, 0.717) is 25.0 Å². The first-order chi connectivity index (χ1) is 11.5. The molecular formula is C17H24N4O2S. The van der Waals surface area contributed by atoms with Gasteiger partial charge >= 0.3 is 0 Å². The summed E-state index contributed by atoms with van der Waals surface area (Å²) in [4.78, 5) is 0. The Kier molecular flexibility index (Phi) is 5.01. The van der Waals surface area contributed by atoms with Crippen LogP contribution in [0.4, 0.5) is 0 Å². The Morgan fingerprint density at radius 2 is 2.00 bits per heavy atom. The molecule has 0 bridgehead atoms. The van der Waals surface area contributed by atoms with E-state index in [2.05, 4.69) is 28.6 Å².